The summed E-state index contributed by atoms with van der Waals surface area (Å²) in [6, 6.07) is 9.21. The van der Waals surface area contributed by atoms with Gasteiger partial charge in [0.05, 0.1) is 28.4 Å². The van der Waals surface area contributed by atoms with Gasteiger partial charge in [-0.3, -0.25) is 4.79 Å². The van der Waals surface area contributed by atoms with Gasteiger partial charge in [0.2, 0.25) is 0 Å². The fraction of sp³-hybridized carbons (Fsp3) is 0.273. The Labute approximate surface area is 179 Å². The number of nitrogens with one attached hydrogen (secondary N) is 1. The van der Waals surface area contributed by atoms with Crippen molar-refractivity contribution in [3.8, 4) is 17.0 Å². The summed E-state index contributed by atoms with van der Waals surface area (Å²) in [5.74, 6) is -0.520. The topological polar surface area (TPSA) is 51.2 Å². The average molecular weight is 435 g/mol. The minimum Gasteiger partial charge on any atom is -0.497 e. The van der Waals surface area contributed by atoms with Crippen LogP contribution in [0, 0.1) is 5.82 Å². The number of methoxy groups -OCH3 is 1. The zero-order valence-electron chi connectivity index (χ0n) is 17.0. The Balaban J connectivity index is 0.00000145. The molecule has 0 aliphatic rings. The number of carbonyl (C=O) groups excluding carboxylic acids is 1. The van der Waals surface area contributed by atoms with E-state index in [1.54, 1.807) is 29.5 Å². The third-order valence-corrected chi connectivity index (χ3v) is 5.40. The normalized spacial score (nSPS) is 10.3. The second-order valence-electron chi connectivity index (χ2n) is 6.22. The Kier molecular flexibility index (Phi) is 8.17. The summed E-state index contributed by atoms with van der Waals surface area (Å²) >= 11 is 7.96. The number of hydrogen-bond acceptors (Lipinski definition) is 4. The molecule has 1 amide bonds. The van der Waals surface area contributed by atoms with Gasteiger partial charge >= 0.3 is 0 Å². The van der Waals surface area contributed by atoms with Crippen LogP contribution in [0.1, 0.15) is 49.0 Å². The van der Waals surface area contributed by atoms with Crippen LogP contribution < -0.4 is 10.1 Å². The summed E-state index contributed by atoms with van der Waals surface area (Å²) < 4.78 is 19.0. The van der Waals surface area contributed by atoms with Crippen LogP contribution in [0.5, 0.6) is 5.75 Å². The van der Waals surface area contributed by atoms with Crippen molar-refractivity contribution < 1.29 is 13.9 Å². The van der Waals surface area contributed by atoms with Gasteiger partial charge in [0.25, 0.3) is 5.91 Å². The Morgan fingerprint density at radius 2 is 1.93 bits per heavy atom. The van der Waals surface area contributed by atoms with Gasteiger partial charge < -0.3 is 10.1 Å². The predicted octanol–water partition coefficient (Wildman–Crippen LogP) is 7.01. The minimum atomic E-state index is -0.654. The zero-order valence-corrected chi connectivity index (χ0v) is 18.6. The van der Waals surface area contributed by atoms with Crippen molar-refractivity contribution in [2.75, 3.05) is 12.4 Å². The van der Waals surface area contributed by atoms with Gasteiger partial charge in [0.15, 0.2) is 0 Å². The summed E-state index contributed by atoms with van der Waals surface area (Å²) in [6.07, 6.45) is 0. The van der Waals surface area contributed by atoms with Crippen molar-refractivity contribution in [3.05, 3.63) is 63.2 Å². The molecular weight excluding hydrogens is 411 g/mol. The van der Waals surface area contributed by atoms with Crippen LogP contribution in [0.4, 0.5) is 10.1 Å². The molecule has 0 bridgehead atoms. The van der Waals surface area contributed by atoms with Crippen molar-refractivity contribution in [1.82, 2.24) is 4.98 Å². The molecule has 0 radical (unpaired) electrons. The van der Waals surface area contributed by atoms with Gasteiger partial charge in [0.1, 0.15) is 11.6 Å². The van der Waals surface area contributed by atoms with E-state index in [0.717, 1.165) is 16.3 Å². The molecule has 1 N–H and O–H groups in total. The highest BCUT2D eigenvalue weighted by atomic mass is 35.5. The number of carbonyl (C=O) groups is 1. The van der Waals surface area contributed by atoms with Crippen molar-refractivity contribution in [2.24, 2.45) is 0 Å². The lowest BCUT2D eigenvalue weighted by Crippen LogP contribution is -2.13. The Morgan fingerprint density at radius 1 is 1.21 bits per heavy atom. The molecule has 0 saturated carbocycles. The standard InChI is InChI=1S/C20H18ClFN2O2S.C2H6/c1-11(2)20-24-18(10-27-20)14-6-4-12(8-16(14)21)23-19(25)15-7-5-13(26-3)9-17(15)22;1-2/h4-11H,1-3H3,(H,23,25);1-2H3. The summed E-state index contributed by atoms with van der Waals surface area (Å²) in [5.41, 5.74) is 1.99. The van der Waals surface area contributed by atoms with E-state index in [1.165, 1.54) is 25.3 Å². The van der Waals surface area contributed by atoms with Crippen molar-refractivity contribution >= 4 is 34.5 Å². The molecule has 0 aliphatic carbocycles. The maximum Gasteiger partial charge on any atom is 0.258 e. The van der Waals surface area contributed by atoms with Gasteiger partial charge in [-0.15, -0.1) is 11.3 Å². The van der Waals surface area contributed by atoms with E-state index in [4.69, 9.17) is 16.3 Å². The smallest absolute Gasteiger partial charge is 0.258 e. The first-order valence-electron chi connectivity index (χ1n) is 9.29. The third kappa shape index (κ3) is 5.55. The molecular formula is C22H24ClFN2O2S. The highest BCUT2D eigenvalue weighted by molar-refractivity contribution is 7.10. The van der Waals surface area contributed by atoms with Crippen LogP contribution in [0.2, 0.25) is 5.02 Å². The molecule has 1 aromatic heterocycles. The number of benzene rings is 2. The molecule has 0 saturated heterocycles. The molecule has 0 aliphatic heterocycles. The van der Waals surface area contributed by atoms with Gasteiger partial charge in [-0.2, -0.15) is 0 Å². The second kappa shape index (κ2) is 10.4. The van der Waals surface area contributed by atoms with Crippen LogP contribution in [0.25, 0.3) is 11.3 Å². The fourth-order valence-electron chi connectivity index (χ4n) is 2.48. The summed E-state index contributed by atoms with van der Waals surface area (Å²) in [4.78, 5) is 16.9. The number of thiazole rings is 1. The molecule has 1 heterocycles. The van der Waals surface area contributed by atoms with Crippen molar-refractivity contribution in [1.29, 1.82) is 0 Å². The molecule has 0 unspecified atom stereocenters. The molecule has 3 aromatic rings. The number of anilines is 1. The lowest BCUT2D eigenvalue weighted by atomic mass is 10.1. The Morgan fingerprint density at radius 3 is 2.48 bits per heavy atom. The van der Waals surface area contributed by atoms with Crippen molar-refractivity contribution in [2.45, 2.75) is 33.6 Å². The summed E-state index contributed by atoms with van der Waals surface area (Å²) in [6.45, 7) is 8.17. The maximum absolute atomic E-state index is 14.0. The molecule has 2 aromatic carbocycles. The van der Waals surface area contributed by atoms with E-state index in [1.807, 2.05) is 19.2 Å². The molecule has 4 nitrogen and oxygen atoms in total. The van der Waals surface area contributed by atoms with E-state index >= 15 is 0 Å². The summed E-state index contributed by atoms with van der Waals surface area (Å²) in [7, 11) is 1.44. The average Bonchev–Trinajstić information content (AvgIpc) is 3.19. The van der Waals surface area contributed by atoms with E-state index < -0.39 is 11.7 Å². The van der Waals surface area contributed by atoms with E-state index in [9.17, 15) is 9.18 Å². The molecule has 7 heteroatoms. The molecule has 0 spiro atoms. The number of hydrogen-bond donors (Lipinski definition) is 1. The van der Waals surface area contributed by atoms with Crippen molar-refractivity contribution in [3.63, 3.8) is 0 Å². The number of nitrogens with zero attached hydrogens (tertiary/aromatic N) is 1. The third-order valence-electron chi connectivity index (χ3n) is 3.94. The maximum atomic E-state index is 14.0. The second-order valence-corrected chi connectivity index (χ2v) is 7.52. The molecule has 154 valence electrons. The lowest BCUT2D eigenvalue weighted by Gasteiger charge is -2.09. The van der Waals surface area contributed by atoms with E-state index in [2.05, 4.69) is 24.1 Å². The van der Waals surface area contributed by atoms with Gasteiger partial charge in [-0.1, -0.05) is 39.3 Å². The largest absolute Gasteiger partial charge is 0.497 e. The van der Waals surface area contributed by atoms with Crippen LogP contribution in [0.3, 0.4) is 0 Å². The van der Waals surface area contributed by atoms with Crippen LogP contribution in [-0.2, 0) is 0 Å². The zero-order chi connectivity index (χ0) is 21.6. The monoisotopic (exact) mass is 434 g/mol. The van der Waals surface area contributed by atoms with Gasteiger partial charge in [-0.05, 0) is 30.3 Å². The highest BCUT2D eigenvalue weighted by Crippen LogP contribution is 2.33. The molecule has 0 fully saturated rings. The van der Waals surface area contributed by atoms with Crippen LogP contribution >= 0.6 is 22.9 Å². The number of halogens is 2. The number of rotatable bonds is 5. The minimum absolute atomic E-state index is 0.0722. The predicted molar refractivity (Wildman–Crippen MR) is 119 cm³/mol. The molecule has 0 atom stereocenters. The number of aromatic nitrogens is 1. The molecule has 29 heavy (non-hydrogen) atoms. The first-order valence-corrected chi connectivity index (χ1v) is 10.5. The summed E-state index contributed by atoms with van der Waals surface area (Å²) in [5, 5.41) is 6.11. The van der Waals surface area contributed by atoms with E-state index in [0.29, 0.717) is 22.4 Å². The van der Waals surface area contributed by atoms with Crippen LogP contribution in [-0.4, -0.2) is 18.0 Å². The SMILES string of the molecule is CC.COc1ccc(C(=O)Nc2ccc(-c3csc(C(C)C)n3)c(Cl)c2)c(F)c1. The number of ether oxygens (including phenoxy) is 1. The van der Waals surface area contributed by atoms with Gasteiger partial charge in [-0.25, -0.2) is 9.37 Å². The first-order chi connectivity index (χ1) is 13.9. The van der Waals surface area contributed by atoms with Gasteiger partial charge in [0, 0.05) is 28.6 Å². The lowest BCUT2D eigenvalue weighted by molar-refractivity contribution is 0.102. The van der Waals surface area contributed by atoms with Crippen LogP contribution in [0.15, 0.2) is 41.8 Å². The number of amides is 1. The molecule has 3 rings (SSSR count). The highest BCUT2D eigenvalue weighted by Gasteiger charge is 2.15. The quantitative estimate of drug-likeness (QED) is 0.469. The Hall–Kier alpha value is -2.44. The Bertz CT molecular complexity index is 989. The fourth-order valence-corrected chi connectivity index (χ4v) is 3.60. The van der Waals surface area contributed by atoms with E-state index in [-0.39, 0.29) is 5.56 Å². The first kappa shape index (κ1) is 22.8.